The molecule has 1 aliphatic rings. The van der Waals surface area contributed by atoms with Crippen LogP contribution in [0, 0.1) is 17.3 Å². The first-order valence-electron chi connectivity index (χ1n) is 13.4. The number of nitrogens with two attached hydrogens (primary N) is 1. The molecule has 0 heterocycles. The number of carbonyl (C=O) groups excluding carboxylic acids is 2. The maximum absolute atomic E-state index is 11.1. The highest BCUT2D eigenvalue weighted by Crippen LogP contribution is 2.43. The molecule has 0 bridgehead atoms. The van der Waals surface area contributed by atoms with Crippen LogP contribution in [-0.4, -0.2) is 44.9 Å². The van der Waals surface area contributed by atoms with Gasteiger partial charge in [-0.05, 0) is 109 Å². The van der Waals surface area contributed by atoms with Crippen molar-refractivity contribution in [2.24, 2.45) is 23.0 Å². The van der Waals surface area contributed by atoms with Crippen LogP contribution in [0.4, 0.5) is 0 Å². The highest BCUT2D eigenvalue weighted by atomic mass is 32.7. The number of nitrogens with one attached hydrogen (secondary N) is 2. The van der Waals surface area contributed by atoms with Crippen LogP contribution in [0.15, 0.2) is 24.3 Å². The van der Waals surface area contributed by atoms with Crippen molar-refractivity contribution >= 4 is 36.6 Å². The van der Waals surface area contributed by atoms with Crippen LogP contribution in [0.25, 0.3) is 0 Å². The monoisotopic (exact) mass is 541 g/mol. The minimum Gasteiger partial charge on any atom is -0.333 e. The molecule has 0 aliphatic heterocycles. The first-order valence-corrected chi connectivity index (χ1v) is 16.6. The van der Waals surface area contributed by atoms with E-state index >= 15 is 0 Å². The molecule has 7 heteroatoms. The molecule has 0 spiro atoms. The maximum atomic E-state index is 11.1. The van der Waals surface area contributed by atoms with E-state index in [1.807, 2.05) is 34.7 Å². The third kappa shape index (κ3) is 14.8. The summed E-state index contributed by atoms with van der Waals surface area (Å²) in [6.07, 6.45) is 7.80. The Morgan fingerprint density at radius 3 is 2.19 bits per heavy atom. The van der Waals surface area contributed by atoms with E-state index in [0.717, 1.165) is 31.8 Å². The van der Waals surface area contributed by atoms with Crippen LogP contribution in [0.2, 0.25) is 0 Å². The van der Waals surface area contributed by atoms with Crippen LogP contribution in [0.5, 0.6) is 0 Å². The van der Waals surface area contributed by atoms with Crippen LogP contribution in [0.1, 0.15) is 86.6 Å². The third-order valence-corrected chi connectivity index (χ3v) is 9.92. The Balaban J connectivity index is 0. The van der Waals surface area contributed by atoms with E-state index in [9.17, 15) is 9.59 Å². The summed E-state index contributed by atoms with van der Waals surface area (Å²) >= 11 is 1.66. The fraction of sp³-hybridized carbons (Fsp3) is 0.724. The Kier molecular flexibility index (Phi) is 21.0. The van der Waals surface area contributed by atoms with Crippen LogP contribution < -0.4 is 21.1 Å². The Labute approximate surface area is 228 Å². The minimum atomic E-state index is -0.455. The molecule has 1 aliphatic carbocycles. The summed E-state index contributed by atoms with van der Waals surface area (Å²) in [6, 6.07) is 9.36. The quantitative estimate of drug-likeness (QED) is 0.182. The van der Waals surface area contributed by atoms with Crippen molar-refractivity contribution in [1.82, 2.24) is 10.0 Å². The lowest BCUT2D eigenvalue weighted by atomic mass is 9.66. The van der Waals surface area contributed by atoms with E-state index < -0.39 is 5.54 Å². The summed E-state index contributed by atoms with van der Waals surface area (Å²) in [5, 5.41) is 4.65. The van der Waals surface area contributed by atoms with Crippen molar-refractivity contribution in [3.05, 3.63) is 29.8 Å². The van der Waals surface area contributed by atoms with Gasteiger partial charge < -0.3 is 20.6 Å². The zero-order chi connectivity index (χ0) is 28.4. The molecular weight excluding hydrogens is 485 g/mol. The van der Waals surface area contributed by atoms with Crippen LogP contribution in [-0.2, 0) is 16.0 Å². The minimum absolute atomic E-state index is 0.0759. The summed E-state index contributed by atoms with van der Waals surface area (Å²) in [6.45, 7) is 18.8. The van der Waals surface area contributed by atoms with Crippen LogP contribution >= 0.6 is 18.7 Å². The lowest BCUT2D eigenvalue weighted by Crippen LogP contribution is -2.40. The van der Waals surface area contributed by atoms with Gasteiger partial charge in [0.2, 0.25) is 0 Å². The van der Waals surface area contributed by atoms with Crippen molar-refractivity contribution < 1.29 is 9.59 Å². The maximum Gasteiger partial charge on any atom is 0.140 e. The fourth-order valence-electron chi connectivity index (χ4n) is 4.30. The average Bonchev–Trinajstić information content (AvgIpc) is 2.89. The van der Waals surface area contributed by atoms with E-state index in [4.69, 9.17) is 0 Å². The Bertz CT molecular complexity index is 702. The number of hydrogen-bond acceptors (Lipinski definition) is 6. The topological polar surface area (TPSA) is 84.2 Å². The molecule has 0 aromatic heterocycles. The van der Waals surface area contributed by atoms with Gasteiger partial charge in [-0.25, -0.2) is 4.72 Å². The number of aldehydes is 2. The third-order valence-electron chi connectivity index (χ3n) is 6.27. The first kappa shape index (κ1) is 37.4. The predicted molar refractivity (Wildman–Crippen MR) is 164 cm³/mol. The standard InChI is InChI=1S/C14H22NOPS.C12H23NO.C2H6.CH5N/c1-5-6-12-7-9-13(10-8-12)17(4)18-15-14(2,3)11-16;1-9-5-11(10(2)13-4)7-12(3,6-9)8-14;2*1-2/h7-11,15H,5-6H2,1-4H3;8-11,13H,5-7H2,1-4H3;1-2H3;2H2,1H3. The Hall–Kier alpha value is -0.780. The molecule has 0 radical (unpaired) electrons. The molecule has 1 aromatic carbocycles. The molecule has 36 heavy (non-hydrogen) atoms. The van der Waals surface area contributed by atoms with Gasteiger partial charge in [0.05, 0.1) is 5.54 Å². The van der Waals surface area contributed by atoms with E-state index in [0.29, 0.717) is 17.9 Å². The second kappa shape index (κ2) is 20.2. The lowest BCUT2D eigenvalue weighted by Gasteiger charge is -2.40. The fourth-order valence-corrected chi connectivity index (χ4v) is 7.19. The molecular formula is C29H56N3O2PS. The zero-order valence-electron chi connectivity index (χ0n) is 25.0. The van der Waals surface area contributed by atoms with Crippen LogP contribution in [0.3, 0.4) is 0 Å². The van der Waals surface area contributed by atoms with Gasteiger partial charge >= 0.3 is 0 Å². The summed E-state index contributed by atoms with van der Waals surface area (Å²) < 4.78 is 3.22. The number of hydrogen-bond donors (Lipinski definition) is 3. The van der Waals surface area contributed by atoms with Crippen molar-refractivity contribution in [2.45, 2.75) is 99.1 Å². The lowest BCUT2D eigenvalue weighted by molar-refractivity contribution is -0.119. The second-order valence-electron chi connectivity index (χ2n) is 10.3. The summed E-state index contributed by atoms with van der Waals surface area (Å²) in [5.74, 6) is 1.33. The SMILES string of the molecule is CC.CCCc1ccc(P(C)SNC(C)(C)C=O)cc1.CN.CNC(C)C1CC(C)CC(C)(C=O)C1. The molecule has 1 fully saturated rings. The number of rotatable bonds is 10. The van der Waals surface area contributed by atoms with Crippen molar-refractivity contribution in [2.75, 3.05) is 20.8 Å². The normalized spacial score (nSPS) is 22.8. The van der Waals surface area contributed by atoms with Crippen molar-refractivity contribution in [3.8, 4) is 0 Å². The van der Waals surface area contributed by atoms with Gasteiger partial charge in [0, 0.05) is 11.5 Å². The van der Waals surface area contributed by atoms with Gasteiger partial charge in [0.25, 0.3) is 0 Å². The number of carbonyl (C=O) groups is 2. The first-order chi connectivity index (χ1) is 17.0. The number of aryl methyl sites for hydroxylation is 1. The molecule has 5 atom stereocenters. The Morgan fingerprint density at radius 2 is 1.75 bits per heavy atom. The molecule has 0 saturated heterocycles. The Morgan fingerprint density at radius 1 is 1.19 bits per heavy atom. The summed E-state index contributed by atoms with van der Waals surface area (Å²) in [5.41, 5.74) is 5.37. The summed E-state index contributed by atoms with van der Waals surface area (Å²) in [7, 11) is 3.18. The van der Waals surface area contributed by atoms with E-state index in [-0.39, 0.29) is 12.5 Å². The molecule has 1 aromatic rings. The van der Waals surface area contributed by atoms with Crippen molar-refractivity contribution in [3.63, 3.8) is 0 Å². The van der Waals surface area contributed by atoms with E-state index in [1.165, 1.54) is 30.8 Å². The molecule has 5 nitrogen and oxygen atoms in total. The van der Waals surface area contributed by atoms with Gasteiger partial charge in [-0.15, -0.1) is 0 Å². The van der Waals surface area contributed by atoms with E-state index in [2.05, 4.69) is 74.4 Å². The smallest absolute Gasteiger partial charge is 0.140 e. The highest BCUT2D eigenvalue weighted by Gasteiger charge is 2.37. The van der Waals surface area contributed by atoms with Gasteiger partial charge in [-0.3, -0.25) is 0 Å². The van der Waals surface area contributed by atoms with Gasteiger partial charge in [0.15, 0.2) is 0 Å². The molecule has 0 amide bonds. The molecule has 4 N–H and O–H groups in total. The zero-order valence-corrected chi connectivity index (χ0v) is 26.7. The molecule has 2 rings (SSSR count). The number of benzene rings is 1. The summed E-state index contributed by atoms with van der Waals surface area (Å²) in [4.78, 5) is 21.9. The van der Waals surface area contributed by atoms with E-state index in [1.54, 1.807) is 11.6 Å². The predicted octanol–water partition coefficient (Wildman–Crippen LogP) is 6.34. The van der Waals surface area contributed by atoms with Gasteiger partial charge in [-0.1, -0.05) is 65.3 Å². The molecule has 5 unspecified atom stereocenters. The largest absolute Gasteiger partial charge is 0.333 e. The van der Waals surface area contributed by atoms with Gasteiger partial charge in [0.1, 0.15) is 12.6 Å². The van der Waals surface area contributed by atoms with Crippen molar-refractivity contribution in [1.29, 1.82) is 0 Å². The molecule has 210 valence electrons. The second-order valence-corrected chi connectivity index (χ2v) is 14.4. The van der Waals surface area contributed by atoms with Gasteiger partial charge in [-0.2, -0.15) is 0 Å². The average molecular weight is 542 g/mol. The highest BCUT2D eigenvalue weighted by molar-refractivity contribution is 8.56. The molecule has 1 saturated carbocycles.